The Hall–Kier alpha value is -2.74. The van der Waals surface area contributed by atoms with E-state index in [0.29, 0.717) is 17.8 Å². The standard InChI is InChI=1S/C17H16N4O3S/c22-15(18-6-5-12-2-1-7-25-12)10-8-13-14(19-9-10)21(11-3-4-11)17(24)20-16(13)23/h1-2,7-9,11H,3-6H2,(H,18,22)(H,20,23,24). The van der Waals surface area contributed by atoms with E-state index in [1.807, 2.05) is 17.5 Å². The van der Waals surface area contributed by atoms with Gasteiger partial charge in [-0.15, -0.1) is 11.3 Å². The molecular weight excluding hydrogens is 340 g/mol. The molecule has 0 aliphatic heterocycles. The third-order valence-electron chi connectivity index (χ3n) is 4.19. The fourth-order valence-corrected chi connectivity index (χ4v) is 3.50. The molecule has 1 saturated carbocycles. The lowest BCUT2D eigenvalue weighted by Crippen LogP contribution is -2.31. The summed E-state index contributed by atoms with van der Waals surface area (Å²) < 4.78 is 1.51. The summed E-state index contributed by atoms with van der Waals surface area (Å²) in [5, 5.41) is 5.09. The maximum Gasteiger partial charge on any atom is 0.330 e. The van der Waals surface area contributed by atoms with Crippen molar-refractivity contribution in [2.45, 2.75) is 25.3 Å². The molecule has 0 aromatic carbocycles. The molecule has 1 fully saturated rings. The third kappa shape index (κ3) is 3.12. The largest absolute Gasteiger partial charge is 0.352 e. The molecule has 128 valence electrons. The van der Waals surface area contributed by atoms with Gasteiger partial charge in [-0.25, -0.2) is 9.78 Å². The highest BCUT2D eigenvalue weighted by molar-refractivity contribution is 7.09. The second-order valence-corrected chi connectivity index (χ2v) is 7.07. The molecule has 3 aromatic rings. The predicted octanol–water partition coefficient (Wildman–Crippen LogP) is 1.45. The topological polar surface area (TPSA) is 96.8 Å². The summed E-state index contributed by atoms with van der Waals surface area (Å²) in [5.74, 6) is -0.283. The average Bonchev–Trinajstić information content (AvgIpc) is 3.29. The van der Waals surface area contributed by atoms with Crippen molar-refractivity contribution in [3.8, 4) is 0 Å². The van der Waals surface area contributed by atoms with Gasteiger partial charge in [0.25, 0.3) is 11.5 Å². The number of nitrogens with zero attached hydrogens (tertiary/aromatic N) is 2. The van der Waals surface area contributed by atoms with Crippen LogP contribution >= 0.6 is 11.3 Å². The fourth-order valence-electron chi connectivity index (χ4n) is 2.79. The molecule has 0 unspecified atom stereocenters. The van der Waals surface area contributed by atoms with E-state index in [1.165, 1.54) is 21.7 Å². The molecule has 0 atom stereocenters. The van der Waals surface area contributed by atoms with Crippen LogP contribution in [0.3, 0.4) is 0 Å². The Morgan fingerprint density at radius 2 is 2.24 bits per heavy atom. The van der Waals surface area contributed by atoms with Crippen molar-refractivity contribution in [1.29, 1.82) is 0 Å². The van der Waals surface area contributed by atoms with Gasteiger partial charge in [0.1, 0.15) is 5.65 Å². The molecule has 0 saturated heterocycles. The number of amides is 1. The molecule has 1 aliphatic carbocycles. The Morgan fingerprint density at radius 1 is 1.40 bits per heavy atom. The van der Waals surface area contributed by atoms with Gasteiger partial charge in [0, 0.05) is 23.7 Å². The summed E-state index contributed by atoms with van der Waals surface area (Å²) in [6, 6.07) is 5.58. The van der Waals surface area contributed by atoms with E-state index in [1.54, 1.807) is 11.3 Å². The average molecular weight is 356 g/mol. The molecule has 2 N–H and O–H groups in total. The minimum atomic E-state index is -0.516. The number of fused-ring (bicyclic) bond motifs is 1. The normalized spacial score (nSPS) is 13.9. The maximum absolute atomic E-state index is 12.3. The number of aromatic nitrogens is 3. The van der Waals surface area contributed by atoms with Gasteiger partial charge in [-0.1, -0.05) is 6.07 Å². The minimum absolute atomic E-state index is 0.0878. The van der Waals surface area contributed by atoms with Crippen LogP contribution in [-0.2, 0) is 6.42 Å². The SMILES string of the molecule is O=C(NCCc1cccs1)c1cnc2c(c1)c(=O)[nH]c(=O)n2C1CC1. The Balaban J connectivity index is 1.59. The zero-order chi connectivity index (χ0) is 17.4. The number of nitrogens with one attached hydrogen (secondary N) is 2. The van der Waals surface area contributed by atoms with Crippen LogP contribution in [0.25, 0.3) is 11.0 Å². The number of thiophene rings is 1. The lowest BCUT2D eigenvalue weighted by molar-refractivity contribution is 0.0954. The molecule has 1 amide bonds. The Kier molecular flexibility index (Phi) is 3.96. The molecule has 0 radical (unpaired) electrons. The number of hydrogen-bond donors (Lipinski definition) is 2. The molecular formula is C17H16N4O3S. The first-order valence-corrected chi connectivity index (χ1v) is 8.96. The monoisotopic (exact) mass is 356 g/mol. The van der Waals surface area contributed by atoms with E-state index in [2.05, 4.69) is 15.3 Å². The van der Waals surface area contributed by atoms with Gasteiger partial charge in [0.15, 0.2) is 0 Å². The lowest BCUT2D eigenvalue weighted by Gasteiger charge is -2.09. The van der Waals surface area contributed by atoms with Crippen molar-refractivity contribution in [2.75, 3.05) is 6.54 Å². The summed E-state index contributed by atoms with van der Waals surface area (Å²) >= 11 is 1.64. The highest BCUT2D eigenvalue weighted by Gasteiger charge is 2.27. The van der Waals surface area contributed by atoms with Crippen molar-refractivity contribution in [2.24, 2.45) is 0 Å². The molecule has 1 aliphatic rings. The number of carbonyl (C=O) groups is 1. The second-order valence-electron chi connectivity index (χ2n) is 6.04. The molecule has 4 rings (SSSR count). The Bertz CT molecular complexity index is 1050. The summed E-state index contributed by atoms with van der Waals surface area (Å²) in [4.78, 5) is 44.1. The van der Waals surface area contributed by atoms with Gasteiger partial charge < -0.3 is 5.32 Å². The third-order valence-corrected chi connectivity index (χ3v) is 5.13. The maximum atomic E-state index is 12.3. The van der Waals surface area contributed by atoms with E-state index < -0.39 is 11.2 Å². The van der Waals surface area contributed by atoms with Crippen molar-refractivity contribution in [3.05, 3.63) is 61.1 Å². The predicted molar refractivity (Wildman–Crippen MR) is 95.3 cm³/mol. The van der Waals surface area contributed by atoms with Gasteiger partial charge in [-0.2, -0.15) is 0 Å². The summed E-state index contributed by atoms with van der Waals surface area (Å²) in [5.41, 5.74) is -0.310. The summed E-state index contributed by atoms with van der Waals surface area (Å²) in [7, 11) is 0. The van der Waals surface area contributed by atoms with Gasteiger partial charge in [-0.05, 0) is 36.8 Å². The molecule has 0 spiro atoms. The smallest absolute Gasteiger partial charge is 0.330 e. The molecule has 7 nitrogen and oxygen atoms in total. The second kappa shape index (κ2) is 6.29. The Morgan fingerprint density at radius 3 is 2.96 bits per heavy atom. The van der Waals surface area contributed by atoms with E-state index in [9.17, 15) is 14.4 Å². The zero-order valence-electron chi connectivity index (χ0n) is 13.3. The fraction of sp³-hybridized carbons (Fsp3) is 0.294. The number of H-pyrrole nitrogens is 1. The quantitative estimate of drug-likeness (QED) is 0.723. The number of pyridine rings is 1. The van der Waals surface area contributed by atoms with Crippen LogP contribution in [0.15, 0.2) is 39.4 Å². The van der Waals surface area contributed by atoms with Crippen molar-refractivity contribution < 1.29 is 4.79 Å². The molecule has 3 heterocycles. The molecule has 0 bridgehead atoms. The number of rotatable bonds is 5. The van der Waals surface area contributed by atoms with Gasteiger partial charge in [0.2, 0.25) is 0 Å². The molecule has 8 heteroatoms. The van der Waals surface area contributed by atoms with Gasteiger partial charge in [-0.3, -0.25) is 19.1 Å². The highest BCUT2D eigenvalue weighted by Crippen LogP contribution is 2.34. The van der Waals surface area contributed by atoms with Gasteiger partial charge >= 0.3 is 5.69 Å². The molecule has 25 heavy (non-hydrogen) atoms. The summed E-state index contributed by atoms with van der Waals surface area (Å²) in [6.07, 6.45) is 3.97. The summed E-state index contributed by atoms with van der Waals surface area (Å²) in [6.45, 7) is 0.509. The van der Waals surface area contributed by atoms with Crippen LogP contribution in [0.4, 0.5) is 0 Å². The van der Waals surface area contributed by atoms with Crippen LogP contribution in [-0.4, -0.2) is 27.0 Å². The van der Waals surface area contributed by atoms with E-state index in [-0.39, 0.29) is 17.3 Å². The number of aromatic amines is 1. The van der Waals surface area contributed by atoms with Crippen LogP contribution < -0.4 is 16.6 Å². The minimum Gasteiger partial charge on any atom is -0.352 e. The van der Waals surface area contributed by atoms with Crippen molar-refractivity contribution in [1.82, 2.24) is 19.9 Å². The molecule has 3 aromatic heterocycles. The number of carbonyl (C=O) groups excluding carboxylic acids is 1. The first-order chi connectivity index (χ1) is 12.1. The van der Waals surface area contributed by atoms with Crippen LogP contribution in [0.1, 0.15) is 34.1 Å². The van der Waals surface area contributed by atoms with Crippen molar-refractivity contribution in [3.63, 3.8) is 0 Å². The first-order valence-electron chi connectivity index (χ1n) is 8.08. The van der Waals surface area contributed by atoms with E-state index in [0.717, 1.165) is 19.3 Å². The Labute approximate surface area is 146 Å². The first kappa shape index (κ1) is 15.8. The van der Waals surface area contributed by atoms with Crippen LogP contribution in [0.5, 0.6) is 0 Å². The van der Waals surface area contributed by atoms with Crippen LogP contribution in [0, 0.1) is 0 Å². The lowest BCUT2D eigenvalue weighted by atomic mass is 10.2. The van der Waals surface area contributed by atoms with E-state index >= 15 is 0 Å². The highest BCUT2D eigenvalue weighted by atomic mass is 32.1. The van der Waals surface area contributed by atoms with Crippen molar-refractivity contribution >= 4 is 28.3 Å². The van der Waals surface area contributed by atoms with E-state index in [4.69, 9.17) is 0 Å². The number of hydrogen-bond acceptors (Lipinski definition) is 5. The van der Waals surface area contributed by atoms with Gasteiger partial charge in [0.05, 0.1) is 10.9 Å². The van der Waals surface area contributed by atoms with Crippen LogP contribution in [0.2, 0.25) is 0 Å². The zero-order valence-corrected chi connectivity index (χ0v) is 14.1.